The lowest BCUT2D eigenvalue weighted by atomic mass is 9.78. The van der Waals surface area contributed by atoms with Crippen molar-refractivity contribution in [2.75, 3.05) is 17.2 Å². The second-order valence-electron chi connectivity index (χ2n) is 5.92. The molecule has 2 fully saturated rings. The summed E-state index contributed by atoms with van der Waals surface area (Å²) in [5.74, 6) is 0.693. The smallest absolute Gasteiger partial charge is 0.315 e. The van der Waals surface area contributed by atoms with Gasteiger partial charge < -0.3 is 10.6 Å². The van der Waals surface area contributed by atoms with Crippen LogP contribution >= 0.6 is 0 Å². The van der Waals surface area contributed by atoms with Crippen LogP contribution in [0.1, 0.15) is 38.5 Å². The Morgan fingerprint density at radius 1 is 1.20 bits per heavy atom. The second-order valence-corrected chi connectivity index (χ2v) is 5.92. The molecule has 1 heterocycles. The number of hydrogen-bond acceptors (Lipinski definition) is 4. The van der Waals surface area contributed by atoms with Crippen LogP contribution < -0.4 is 10.6 Å². The summed E-state index contributed by atoms with van der Waals surface area (Å²) in [4.78, 5) is 13.3. The predicted molar refractivity (Wildman–Crippen MR) is 79.8 cm³/mol. The molecule has 1 saturated heterocycles. The van der Waals surface area contributed by atoms with E-state index in [0.29, 0.717) is 17.6 Å². The number of hydrogen-bond donors (Lipinski definition) is 1. The van der Waals surface area contributed by atoms with Gasteiger partial charge in [-0.05, 0) is 43.7 Å². The molecule has 0 amide bonds. The van der Waals surface area contributed by atoms with Gasteiger partial charge in [-0.15, -0.1) is 0 Å². The number of nitrogens with two attached hydrogens (primary N) is 1. The summed E-state index contributed by atoms with van der Waals surface area (Å²) in [5.41, 5.74) is 6.89. The number of nitrogen functional groups attached to an aromatic ring is 1. The van der Waals surface area contributed by atoms with Crippen molar-refractivity contribution in [2.24, 2.45) is 5.92 Å². The third kappa shape index (κ3) is 2.21. The van der Waals surface area contributed by atoms with E-state index in [4.69, 9.17) is 5.73 Å². The second kappa shape index (κ2) is 5.31. The maximum absolute atomic E-state index is 11.3. The largest absolute Gasteiger partial charge is 0.393 e. The number of para-hydroxylation sites is 1. The van der Waals surface area contributed by atoms with Gasteiger partial charge in [-0.3, -0.25) is 10.1 Å². The zero-order chi connectivity index (χ0) is 14.1. The fourth-order valence-electron chi connectivity index (χ4n) is 3.90. The molecular weight excluding hydrogens is 254 g/mol. The van der Waals surface area contributed by atoms with Crippen LogP contribution in [0.25, 0.3) is 0 Å². The molecule has 2 N–H and O–H groups in total. The van der Waals surface area contributed by atoms with E-state index in [1.165, 1.54) is 25.7 Å². The van der Waals surface area contributed by atoms with Crippen molar-refractivity contribution >= 4 is 17.1 Å². The molecule has 0 radical (unpaired) electrons. The van der Waals surface area contributed by atoms with Crippen LogP contribution in [-0.2, 0) is 0 Å². The minimum Gasteiger partial charge on any atom is -0.393 e. The Kier molecular flexibility index (Phi) is 3.51. The van der Waals surface area contributed by atoms with E-state index in [1.807, 2.05) is 12.1 Å². The molecule has 1 aliphatic heterocycles. The van der Waals surface area contributed by atoms with Crippen molar-refractivity contribution in [3.8, 4) is 0 Å². The number of nitro benzene ring substituents is 1. The Bertz CT molecular complexity index is 516. The van der Waals surface area contributed by atoms with Crippen LogP contribution in [-0.4, -0.2) is 17.5 Å². The maximum Gasteiger partial charge on any atom is 0.315 e. The zero-order valence-corrected chi connectivity index (χ0v) is 11.6. The number of nitro groups is 1. The highest BCUT2D eigenvalue weighted by Crippen LogP contribution is 2.42. The zero-order valence-electron chi connectivity index (χ0n) is 11.6. The molecule has 1 aliphatic carbocycles. The van der Waals surface area contributed by atoms with Gasteiger partial charge in [0, 0.05) is 12.6 Å². The Labute approximate surface area is 118 Å². The Hall–Kier alpha value is -1.78. The summed E-state index contributed by atoms with van der Waals surface area (Å²) in [6.45, 7) is 0.908. The normalized spacial score (nSPS) is 26.1. The number of fused-ring (bicyclic) bond motifs is 1. The van der Waals surface area contributed by atoms with E-state index in [2.05, 4.69) is 4.90 Å². The van der Waals surface area contributed by atoms with Gasteiger partial charge >= 0.3 is 5.69 Å². The standard InChI is InChI=1S/C15H21N3O2/c16-12-7-3-9-14(15(12)18(19)20)17-10-4-6-11-5-1-2-8-13(11)17/h3,7,9,11,13H,1-2,4-6,8,10,16H2. The molecule has 5 nitrogen and oxygen atoms in total. The monoisotopic (exact) mass is 275 g/mol. The summed E-state index contributed by atoms with van der Waals surface area (Å²) < 4.78 is 0. The van der Waals surface area contributed by atoms with E-state index in [0.717, 1.165) is 19.4 Å². The lowest BCUT2D eigenvalue weighted by Crippen LogP contribution is -2.47. The molecule has 0 bridgehead atoms. The minimum atomic E-state index is -0.336. The summed E-state index contributed by atoms with van der Waals surface area (Å²) in [5, 5.41) is 11.3. The van der Waals surface area contributed by atoms with Crippen LogP contribution in [0.4, 0.5) is 17.1 Å². The average molecular weight is 275 g/mol. The van der Waals surface area contributed by atoms with E-state index in [-0.39, 0.29) is 16.3 Å². The minimum absolute atomic E-state index is 0.0822. The molecule has 1 aromatic carbocycles. The molecule has 1 aromatic rings. The third-order valence-corrected chi connectivity index (χ3v) is 4.78. The molecule has 0 spiro atoms. The van der Waals surface area contributed by atoms with E-state index in [1.54, 1.807) is 6.07 Å². The van der Waals surface area contributed by atoms with Gasteiger partial charge in [0.15, 0.2) is 0 Å². The van der Waals surface area contributed by atoms with Gasteiger partial charge in [-0.25, -0.2) is 0 Å². The van der Waals surface area contributed by atoms with Crippen LogP contribution in [0.3, 0.4) is 0 Å². The predicted octanol–water partition coefficient (Wildman–Crippen LogP) is 3.34. The lowest BCUT2D eigenvalue weighted by Gasteiger charge is -2.45. The molecule has 20 heavy (non-hydrogen) atoms. The average Bonchev–Trinajstić information content (AvgIpc) is 2.46. The first-order valence-corrected chi connectivity index (χ1v) is 7.48. The highest BCUT2D eigenvalue weighted by atomic mass is 16.6. The quantitative estimate of drug-likeness (QED) is 0.510. The Morgan fingerprint density at radius 2 is 1.95 bits per heavy atom. The number of nitrogens with zero attached hydrogens (tertiary/aromatic N) is 2. The molecule has 2 atom stereocenters. The van der Waals surface area contributed by atoms with Crippen LogP contribution in [0, 0.1) is 16.0 Å². The Morgan fingerprint density at radius 3 is 2.75 bits per heavy atom. The molecule has 2 aliphatic rings. The van der Waals surface area contributed by atoms with Crippen LogP contribution in [0.5, 0.6) is 0 Å². The highest BCUT2D eigenvalue weighted by molar-refractivity contribution is 5.75. The van der Waals surface area contributed by atoms with Crippen molar-refractivity contribution in [1.82, 2.24) is 0 Å². The van der Waals surface area contributed by atoms with E-state index < -0.39 is 0 Å². The SMILES string of the molecule is Nc1cccc(N2CCCC3CCCCC32)c1[N+](=O)[O-]. The molecule has 3 rings (SSSR count). The van der Waals surface area contributed by atoms with E-state index in [9.17, 15) is 10.1 Å². The first-order valence-electron chi connectivity index (χ1n) is 7.48. The number of anilines is 2. The summed E-state index contributed by atoms with van der Waals surface area (Å²) in [6.07, 6.45) is 7.32. The Balaban J connectivity index is 1.99. The molecular formula is C15H21N3O2. The molecule has 5 heteroatoms. The van der Waals surface area contributed by atoms with Gasteiger partial charge in [0.1, 0.15) is 11.4 Å². The van der Waals surface area contributed by atoms with Crippen molar-refractivity contribution in [2.45, 2.75) is 44.6 Å². The number of rotatable bonds is 2. The summed E-state index contributed by atoms with van der Waals surface area (Å²) >= 11 is 0. The van der Waals surface area contributed by atoms with Gasteiger partial charge in [0.2, 0.25) is 0 Å². The number of benzene rings is 1. The maximum atomic E-state index is 11.3. The number of piperidine rings is 1. The van der Waals surface area contributed by atoms with Gasteiger partial charge in [0.25, 0.3) is 0 Å². The van der Waals surface area contributed by atoms with Gasteiger partial charge in [-0.2, -0.15) is 0 Å². The van der Waals surface area contributed by atoms with Crippen LogP contribution in [0.15, 0.2) is 18.2 Å². The van der Waals surface area contributed by atoms with Crippen molar-refractivity contribution in [3.05, 3.63) is 28.3 Å². The fraction of sp³-hybridized carbons (Fsp3) is 0.600. The van der Waals surface area contributed by atoms with E-state index >= 15 is 0 Å². The summed E-state index contributed by atoms with van der Waals surface area (Å²) in [7, 11) is 0. The molecule has 1 saturated carbocycles. The lowest BCUT2D eigenvalue weighted by molar-refractivity contribution is -0.383. The topological polar surface area (TPSA) is 72.4 Å². The fourth-order valence-corrected chi connectivity index (χ4v) is 3.90. The first-order chi connectivity index (χ1) is 9.68. The molecule has 108 valence electrons. The molecule has 0 aromatic heterocycles. The van der Waals surface area contributed by atoms with Crippen molar-refractivity contribution < 1.29 is 4.92 Å². The molecule has 2 unspecified atom stereocenters. The van der Waals surface area contributed by atoms with Crippen molar-refractivity contribution in [3.63, 3.8) is 0 Å². The van der Waals surface area contributed by atoms with Gasteiger partial charge in [-0.1, -0.05) is 18.9 Å². The highest BCUT2D eigenvalue weighted by Gasteiger charge is 2.36. The van der Waals surface area contributed by atoms with Crippen molar-refractivity contribution in [1.29, 1.82) is 0 Å². The van der Waals surface area contributed by atoms with Gasteiger partial charge in [0.05, 0.1) is 4.92 Å². The van der Waals surface area contributed by atoms with Crippen LogP contribution in [0.2, 0.25) is 0 Å². The summed E-state index contributed by atoms with van der Waals surface area (Å²) in [6, 6.07) is 5.75. The first kappa shape index (κ1) is 13.2. The third-order valence-electron chi connectivity index (χ3n) is 4.78.